The number of allylic oxidation sites excluding steroid dienone is 1. The average Bonchev–Trinajstić information content (AvgIpc) is 2.24. The molecule has 0 N–H and O–H groups in total. The van der Waals surface area contributed by atoms with Gasteiger partial charge >= 0.3 is 12.1 Å². The molecule has 0 spiro atoms. The van der Waals surface area contributed by atoms with Crippen molar-refractivity contribution in [1.29, 1.82) is 0 Å². The van der Waals surface area contributed by atoms with E-state index < -0.39 is 11.7 Å². The van der Waals surface area contributed by atoms with Gasteiger partial charge in [-0.25, -0.2) is 4.79 Å². The van der Waals surface area contributed by atoms with Crippen LogP contribution in [0.4, 0.5) is 4.79 Å². The first kappa shape index (κ1) is 15.0. The van der Waals surface area contributed by atoms with E-state index in [2.05, 4.69) is 15.9 Å². The number of carbonyl (C=O) groups excluding carboxylic acids is 2. The lowest BCUT2D eigenvalue weighted by Gasteiger charge is -2.30. The highest BCUT2D eigenvalue weighted by Crippen LogP contribution is 2.26. The molecule has 102 valence electrons. The molecule has 1 aliphatic rings. The Balaban J connectivity index is 2.75. The quantitative estimate of drug-likeness (QED) is 0.697. The van der Waals surface area contributed by atoms with Gasteiger partial charge in [-0.3, -0.25) is 9.69 Å². The minimum atomic E-state index is -0.560. The fourth-order valence-electron chi connectivity index (χ4n) is 1.58. The molecular weight excluding hydrogens is 302 g/mol. The molecule has 0 radical (unpaired) electrons. The van der Waals surface area contributed by atoms with E-state index >= 15 is 0 Å². The van der Waals surface area contributed by atoms with E-state index in [1.54, 1.807) is 27.0 Å². The molecule has 0 bridgehead atoms. The molecule has 6 heteroatoms. The van der Waals surface area contributed by atoms with Crippen LogP contribution in [0.3, 0.4) is 0 Å². The molecule has 0 aliphatic carbocycles. The van der Waals surface area contributed by atoms with Gasteiger partial charge in [0.25, 0.3) is 0 Å². The molecule has 0 saturated heterocycles. The summed E-state index contributed by atoms with van der Waals surface area (Å²) in [5.74, 6) is -0.685. The van der Waals surface area contributed by atoms with Gasteiger partial charge in [-0.2, -0.15) is 0 Å². The van der Waals surface area contributed by atoms with Gasteiger partial charge in [-0.15, -0.1) is 0 Å². The van der Waals surface area contributed by atoms with E-state index in [1.807, 2.05) is 0 Å². The van der Waals surface area contributed by atoms with Crippen molar-refractivity contribution in [3.63, 3.8) is 0 Å². The Bertz CT molecular complexity index is 373. The van der Waals surface area contributed by atoms with Crippen molar-refractivity contribution in [1.82, 2.24) is 4.90 Å². The molecule has 1 atom stereocenters. The summed E-state index contributed by atoms with van der Waals surface area (Å²) in [5, 5.41) is 0. The van der Waals surface area contributed by atoms with Crippen LogP contribution in [0.1, 0.15) is 27.2 Å². The van der Waals surface area contributed by atoms with Crippen molar-refractivity contribution in [3.8, 4) is 0 Å². The summed E-state index contributed by atoms with van der Waals surface area (Å²) in [7, 11) is 1.34. The van der Waals surface area contributed by atoms with E-state index in [9.17, 15) is 9.59 Å². The van der Waals surface area contributed by atoms with Crippen molar-refractivity contribution < 1.29 is 19.1 Å². The Kier molecular flexibility index (Phi) is 4.78. The fraction of sp³-hybridized carbons (Fsp3) is 0.667. The lowest BCUT2D eigenvalue weighted by atomic mass is 10.0. The van der Waals surface area contributed by atoms with E-state index in [1.165, 1.54) is 12.0 Å². The predicted molar refractivity (Wildman–Crippen MR) is 70.1 cm³/mol. The minimum absolute atomic E-state index is 0.274. The van der Waals surface area contributed by atoms with Gasteiger partial charge in [-0.1, -0.05) is 15.9 Å². The van der Waals surface area contributed by atoms with Crippen LogP contribution in [0, 0.1) is 5.92 Å². The Morgan fingerprint density at radius 1 is 1.44 bits per heavy atom. The monoisotopic (exact) mass is 319 g/mol. The van der Waals surface area contributed by atoms with E-state index in [-0.39, 0.29) is 18.4 Å². The molecule has 1 heterocycles. The van der Waals surface area contributed by atoms with E-state index in [0.717, 1.165) is 4.48 Å². The maximum Gasteiger partial charge on any atom is 0.414 e. The van der Waals surface area contributed by atoms with Gasteiger partial charge in [0.1, 0.15) is 5.60 Å². The Labute approximate surface area is 115 Å². The van der Waals surface area contributed by atoms with Crippen LogP contribution in [0.2, 0.25) is 0 Å². The van der Waals surface area contributed by atoms with Crippen LogP contribution in [0.5, 0.6) is 0 Å². The first-order valence-corrected chi connectivity index (χ1v) is 6.46. The SMILES string of the molecule is COC(=O)C1CC(Br)=CN(C(=O)OC(C)(C)C)C1. The summed E-state index contributed by atoms with van der Waals surface area (Å²) >= 11 is 3.32. The number of esters is 1. The molecule has 1 rings (SSSR count). The molecule has 5 nitrogen and oxygen atoms in total. The number of hydrogen-bond acceptors (Lipinski definition) is 4. The van der Waals surface area contributed by atoms with E-state index in [0.29, 0.717) is 6.42 Å². The number of methoxy groups -OCH3 is 1. The second-order valence-corrected chi connectivity index (χ2v) is 6.15. The second-order valence-electron chi connectivity index (χ2n) is 5.13. The maximum absolute atomic E-state index is 11.9. The second kappa shape index (κ2) is 5.73. The minimum Gasteiger partial charge on any atom is -0.469 e. The molecule has 0 saturated carbocycles. The normalized spacial score (nSPS) is 20.2. The molecule has 1 amide bonds. The molecule has 1 unspecified atom stereocenters. The third kappa shape index (κ3) is 4.33. The molecule has 0 aromatic heterocycles. The first-order valence-electron chi connectivity index (χ1n) is 5.66. The maximum atomic E-state index is 11.9. The Morgan fingerprint density at radius 2 is 2.06 bits per heavy atom. The van der Waals surface area contributed by atoms with Gasteiger partial charge in [0, 0.05) is 17.2 Å². The number of halogens is 1. The predicted octanol–water partition coefficient (Wildman–Crippen LogP) is 2.65. The van der Waals surface area contributed by atoms with Crippen molar-refractivity contribution in [2.24, 2.45) is 5.92 Å². The Hall–Kier alpha value is -1.04. The summed E-state index contributed by atoms with van der Waals surface area (Å²) < 4.78 is 10.7. The number of rotatable bonds is 1. The standard InChI is InChI=1S/C12H18BrNO4/c1-12(2,3)18-11(16)14-6-8(10(15)17-4)5-9(13)7-14/h7-8H,5-6H2,1-4H3. The number of carbonyl (C=O) groups is 2. The molecule has 1 aliphatic heterocycles. The zero-order valence-corrected chi connectivity index (χ0v) is 12.6. The first-order chi connectivity index (χ1) is 8.23. The molecular formula is C12H18BrNO4. The molecule has 18 heavy (non-hydrogen) atoms. The highest BCUT2D eigenvalue weighted by molar-refractivity contribution is 9.11. The summed E-state index contributed by atoms with van der Waals surface area (Å²) in [5.41, 5.74) is -0.560. The van der Waals surface area contributed by atoms with Gasteiger partial charge in [0.05, 0.1) is 13.0 Å². The largest absolute Gasteiger partial charge is 0.469 e. The highest BCUT2D eigenvalue weighted by Gasteiger charge is 2.31. The summed E-state index contributed by atoms with van der Waals surface area (Å²) in [6.07, 6.45) is 1.72. The summed E-state index contributed by atoms with van der Waals surface area (Å²) in [6.45, 7) is 5.67. The average molecular weight is 320 g/mol. The highest BCUT2D eigenvalue weighted by atomic mass is 79.9. The van der Waals surface area contributed by atoms with Gasteiger partial charge in [0.15, 0.2) is 0 Å². The number of amides is 1. The van der Waals surface area contributed by atoms with Gasteiger partial charge < -0.3 is 9.47 Å². The van der Waals surface area contributed by atoms with Crippen LogP contribution >= 0.6 is 15.9 Å². The molecule has 0 aromatic carbocycles. The zero-order valence-electron chi connectivity index (χ0n) is 11.0. The Morgan fingerprint density at radius 3 is 2.56 bits per heavy atom. The van der Waals surface area contributed by atoms with Crippen molar-refractivity contribution >= 4 is 28.0 Å². The number of hydrogen-bond donors (Lipinski definition) is 0. The zero-order chi connectivity index (χ0) is 13.9. The van der Waals surface area contributed by atoms with Crippen molar-refractivity contribution in [2.45, 2.75) is 32.8 Å². The fourth-order valence-corrected chi connectivity index (χ4v) is 2.22. The lowest BCUT2D eigenvalue weighted by molar-refractivity contribution is -0.145. The third-order valence-electron chi connectivity index (χ3n) is 2.32. The van der Waals surface area contributed by atoms with Crippen molar-refractivity contribution in [2.75, 3.05) is 13.7 Å². The van der Waals surface area contributed by atoms with Crippen LogP contribution < -0.4 is 0 Å². The van der Waals surface area contributed by atoms with Gasteiger partial charge in [0.2, 0.25) is 0 Å². The number of ether oxygens (including phenoxy) is 2. The number of nitrogens with zero attached hydrogens (tertiary/aromatic N) is 1. The molecule has 0 aromatic rings. The lowest BCUT2D eigenvalue weighted by Crippen LogP contribution is -2.40. The summed E-state index contributed by atoms with van der Waals surface area (Å²) in [6, 6.07) is 0. The smallest absolute Gasteiger partial charge is 0.414 e. The topological polar surface area (TPSA) is 55.8 Å². The van der Waals surface area contributed by atoms with Crippen LogP contribution in [-0.2, 0) is 14.3 Å². The van der Waals surface area contributed by atoms with Crippen LogP contribution in [0.25, 0.3) is 0 Å². The molecule has 0 fully saturated rings. The summed E-state index contributed by atoms with van der Waals surface area (Å²) in [4.78, 5) is 24.8. The van der Waals surface area contributed by atoms with Crippen LogP contribution in [-0.4, -0.2) is 36.2 Å². The third-order valence-corrected chi connectivity index (χ3v) is 2.85. The van der Waals surface area contributed by atoms with Crippen LogP contribution in [0.15, 0.2) is 10.7 Å². The van der Waals surface area contributed by atoms with Gasteiger partial charge in [-0.05, 0) is 27.2 Å². The van der Waals surface area contributed by atoms with Crippen molar-refractivity contribution in [3.05, 3.63) is 10.7 Å². The van der Waals surface area contributed by atoms with E-state index in [4.69, 9.17) is 9.47 Å².